The van der Waals surface area contributed by atoms with Crippen LogP contribution in [0.2, 0.25) is 0 Å². The quantitative estimate of drug-likeness (QED) is 0.544. The van der Waals surface area contributed by atoms with Crippen LogP contribution in [0.4, 0.5) is 0 Å². The van der Waals surface area contributed by atoms with Gasteiger partial charge in [0.25, 0.3) is 0 Å². The van der Waals surface area contributed by atoms with Gasteiger partial charge in [0.1, 0.15) is 0 Å². The fourth-order valence-electron chi connectivity index (χ4n) is 2.06. The van der Waals surface area contributed by atoms with Crippen molar-refractivity contribution in [3.63, 3.8) is 0 Å². The van der Waals surface area contributed by atoms with E-state index in [1.165, 1.54) is 7.11 Å². The Balaban J connectivity index is 1.90. The maximum Gasteiger partial charge on any atom is 0.343 e. The summed E-state index contributed by atoms with van der Waals surface area (Å²) >= 11 is 0. The van der Waals surface area contributed by atoms with Gasteiger partial charge in [0.05, 0.1) is 18.2 Å². The second-order valence-corrected chi connectivity index (χ2v) is 4.45. The number of fused-ring (bicyclic) bond motifs is 1. The van der Waals surface area contributed by atoms with Gasteiger partial charge in [-0.2, -0.15) is 0 Å². The van der Waals surface area contributed by atoms with Crippen molar-refractivity contribution in [3.05, 3.63) is 66.4 Å². The molecule has 0 amide bonds. The molecule has 1 aromatic heterocycles. The second kappa shape index (κ2) is 5.63. The number of benzene rings is 2. The summed E-state index contributed by atoms with van der Waals surface area (Å²) in [5.74, 6) is 0.495. The number of esters is 1. The average molecular weight is 279 g/mol. The minimum atomic E-state index is -0.426. The van der Waals surface area contributed by atoms with E-state index in [-0.39, 0.29) is 0 Å². The highest BCUT2D eigenvalue weighted by atomic mass is 16.6. The lowest BCUT2D eigenvalue weighted by molar-refractivity contribution is 0.0730. The second-order valence-electron chi connectivity index (χ2n) is 4.45. The number of pyridine rings is 1. The van der Waals surface area contributed by atoms with Crippen molar-refractivity contribution < 1.29 is 14.3 Å². The zero-order chi connectivity index (χ0) is 14.7. The van der Waals surface area contributed by atoms with E-state index >= 15 is 0 Å². The molecule has 0 radical (unpaired) electrons. The van der Waals surface area contributed by atoms with E-state index in [9.17, 15) is 4.79 Å². The fourth-order valence-corrected chi connectivity index (χ4v) is 2.06. The molecule has 1 heterocycles. The highest BCUT2D eigenvalue weighted by Crippen LogP contribution is 2.27. The predicted octanol–water partition coefficient (Wildman–Crippen LogP) is 3.46. The molecule has 0 unspecified atom stereocenters. The number of carbonyl (C=O) groups is 1. The summed E-state index contributed by atoms with van der Waals surface area (Å²) in [5, 5.41) is 0.895. The highest BCUT2D eigenvalue weighted by molar-refractivity contribution is 5.95. The fraction of sp³-hybridized carbons (Fsp3) is 0.0588. The number of aromatic nitrogens is 1. The van der Waals surface area contributed by atoms with Crippen LogP contribution in [0.15, 0.2) is 60.8 Å². The summed E-state index contributed by atoms with van der Waals surface area (Å²) in [6.45, 7) is 0. The molecule has 0 aliphatic carbocycles. The lowest BCUT2D eigenvalue weighted by Crippen LogP contribution is -2.09. The van der Waals surface area contributed by atoms with Crippen molar-refractivity contribution in [3.8, 4) is 11.5 Å². The zero-order valence-electron chi connectivity index (χ0n) is 11.4. The number of ether oxygens (including phenoxy) is 2. The smallest absolute Gasteiger partial charge is 0.343 e. The molecule has 0 bridgehead atoms. The van der Waals surface area contributed by atoms with E-state index < -0.39 is 5.97 Å². The topological polar surface area (TPSA) is 48.4 Å². The SMILES string of the molecule is COc1ccccc1OC(=O)c1ccc2ncccc2c1. The minimum Gasteiger partial charge on any atom is -0.493 e. The van der Waals surface area contributed by atoms with Gasteiger partial charge < -0.3 is 9.47 Å². The number of methoxy groups -OCH3 is 1. The first kappa shape index (κ1) is 13.1. The molecule has 0 aliphatic rings. The summed E-state index contributed by atoms with van der Waals surface area (Å²) in [6.07, 6.45) is 1.72. The largest absolute Gasteiger partial charge is 0.493 e. The Labute approximate surface area is 122 Å². The lowest BCUT2D eigenvalue weighted by atomic mass is 10.1. The van der Waals surface area contributed by atoms with Gasteiger partial charge in [-0.15, -0.1) is 0 Å². The summed E-state index contributed by atoms with van der Waals surface area (Å²) in [5.41, 5.74) is 1.31. The van der Waals surface area contributed by atoms with E-state index in [0.717, 1.165) is 10.9 Å². The maximum atomic E-state index is 12.2. The molecule has 2 aromatic carbocycles. The summed E-state index contributed by atoms with van der Waals surface area (Å²) < 4.78 is 10.6. The number of nitrogens with zero attached hydrogens (tertiary/aromatic N) is 1. The van der Waals surface area contributed by atoms with Crippen LogP contribution in [-0.2, 0) is 0 Å². The van der Waals surface area contributed by atoms with Crippen LogP contribution in [0.25, 0.3) is 10.9 Å². The van der Waals surface area contributed by atoms with Gasteiger partial charge in [0.15, 0.2) is 11.5 Å². The number of carbonyl (C=O) groups excluding carboxylic acids is 1. The molecule has 3 rings (SSSR count). The third-order valence-electron chi connectivity index (χ3n) is 3.11. The van der Waals surface area contributed by atoms with Gasteiger partial charge in [-0.3, -0.25) is 4.98 Å². The molecule has 4 nitrogen and oxygen atoms in total. The van der Waals surface area contributed by atoms with Crippen LogP contribution in [0.5, 0.6) is 11.5 Å². The molecule has 0 atom stereocenters. The average Bonchev–Trinajstić information content (AvgIpc) is 2.55. The number of hydrogen-bond donors (Lipinski definition) is 0. The molecule has 0 fully saturated rings. The van der Waals surface area contributed by atoms with Gasteiger partial charge in [-0.05, 0) is 36.4 Å². The van der Waals surface area contributed by atoms with Crippen molar-refractivity contribution in [2.45, 2.75) is 0 Å². The van der Waals surface area contributed by atoms with Crippen LogP contribution in [0.3, 0.4) is 0 Å². The number of hydrogen-bond acceptors (Lipinski definition) is 4. The van der Waals surface area contributed by atoms with Crippen molar-refractivity contribution >= 4 is 16.9 Å². The van der Waals surface area contributed by atoms with Crippen LogP contribution in [0.1, 0.15) is 10.4 Å². The van der Waals surface area contributed by atoms with E-state index in [4.69, 9.17) is 9.47 Å². The van der Waals surface area contributed by atoms with Crippen molar-refractivity contribution in [1.82, 2.24) is 4.98 Å². The number of para-hydroxylation sites is 2. The summed E-state index contributed by atoms with van der Waals surface area (Å²) in [7, 11) is 1.54. The normalized spacial score (nSPS) is 10.3. The molecule has 0 saturated carbocycles. The van der Waals surface area contributed by atoms with Crippen LogP contribution in [-0.4, -0.2) is 18.1 Å². The first-order valence-electron chi connectivity index (χ1n) is 6.48. The van der Waals surface area contributed by atoms with Crippen molar-refractivity contribution in [2.75, 3.05) is 7.11 Å². The Kier molecular flexibility index (Phi) is 3.51. The molecule has 4 heteroatoms. The van der Waals surface area contributed by atoms with Crippen molar-refractivity contribution in [2.24, 2.45) is 0 Å². The first-order chi connectivity index (χ1) is 10.3. The van der Waals surface area contributed by atoms with E-state index in [1.54, 1.807) is 42.6 Å². The zero-order valence-corrected chi connectivity index (χ0v) is 11.4. The van der Waals surface area contributed by atoms with Gasteiger partial charge >= 0.3 is 5.97 Å². The maximum absolute atomic E-state index is 12.2. The summed E-state index contributed by atoms with van der Waals surface area (Å²) in [4.78, 5) is 16.4. The van der Waals surface area contributed by atoms with Gasteiger partial charge in [0.2, 0.25) is 0 Å². The van der Waals surface area contributed by atoms with E-state index in [1.807, 2.05) is 18.2 Å². The molecular weight excluding hydrogens is 266 g/mol. The van der Waals surface area contributed by atoms with Crippen LogP contribution in [0, 0.1) is 0 Å². The molecule has 104 valence electrons. The predicted molar refractivity (Wildman–Crippen MR) is 79.7 cm³/mol. The Morgan fingerprint density at radius 2 is 1.81 bits per heavy atom. The Morgan fingerprint density at radius 3 is 2.62 bits per heavy atom. The summed E-state index contributed by atoms with van der Waals surface area (Å²) in [6, 6.07) is 16.0. The third kappa shape index (κ3) is 2.69. The number of rotatable bonds is 3. The van der Waals surface area contributed by atoms with Gasteiger partial charge in [0, 0.05) is 11.6 Å². The highest BCUT2D eigenvalue weighted by Gasteiger charge is 2.12. The van der Waals surface area contributed by atoms with Gasteiger partial charge in [-0.25, -0.2) is 4.79 Å². The molecule has 0 aliphatic heterocycles. The first-order valence-corrected chi connectivity index (χ1v) is 6.48. The molecule has 0 N–H and O–H groups in total. The van der Waals surface area contributed by atoms with Crippen molar-refractivity contribution in [1.29, 1.82) is 0 Å². The molecule has 0 saturated heterocycles. The van der Waals surface area contributed by atoms with Gasteiger partial charge in [-0.1, -0.05) is 18.2 Å². The molecule has 0 spiro atoms. The molecule has 21 heavy (non-hydrogen) atoms. The van der Waals surface area contributed by atoms with Crippen LogP contribution < -0.4 is 9.47 Å². The van der Waals surface area contributed by atoms with Crippen LogP contribution >= 0.6 is 0 Å². The Bertz CT molecular complexity index is 799. The molecular formula is C17H13NO3. The standard InChI is InChI=1S/C17H13NO3/c1-20-15-6-2-3-7-16(15)21-17(19)13-8-9-14-12(11-13)5-4-10-18-14/h2-11H,1H3. The Hall–Kier alpha value is -2.88. The Morgan fingerprint density at radius 1 is 1.00 bits per heavy atom. The third-order valence-corrected chi connectivity index (χ3v) is 3.11. The molecule has 3 aromatic rings. The monoisotopic (exact) mass is 279 g/mol. The minimum absolute atomic E-state index is 0.399. The van der Waals surface area contributed by atoms with E-state index in [0.29, 0.717) is 17.1 Å². The van der Waals surface area contributed by atoms with E-state index in [2.05, 4.69) is 4.98 Å². The lowest BCUT2D eigenvalue weighted by Gasteiger charge is -2.09.